The van der Waals surface area contributed by atoms with E-state index in [0.717, 1.165) is 39.5 Å². The molecule has 1 N–H and O–H groups in total. The average Bonchev–Trinajstić information content (AvgIpc) is 3.02. The van der Waals surface area contributed by atoms with Crippen LogP contribution in [0.1, 0.15) is 18.2 Å². The van der Waals surface area contributed by atoms with Gasteiger partial charge in [-0.2, -0.15) is 4.98 Å². The van der Waals surface area contributed by atoms with Crippen molar-refractivity contribution in [3.63, 3.8) is 0 Å². The minimum atomic E-state index is 0.670. The molecule has 4 nitrogen and oxygen atoms in total. The van der Waals surface area contributed by atoms with Crippen LogP contribution in [-0.4, -0.2) is 15.9 Å². The van der Waals surface area contributed by atoms with Crippen molar-refractivity contribution in [2.24, 2.45) is 0 Å². The highest BCUT2D eigenvalue weighted by Gasteiger charge is 2.15. The quantitative estimate of drug-likeness (QED) is 0.729. The first-order chi connectivity index (χ1) is 10.2. The van der Waals surface area contributed by atoms with E-state index in [9.17, 15) is 0 Å². The minimum absolute atomic E-state index is 0.670. The van der Waals surface area contributed by atoms with E-state index >= 15 is 0 Å². The number of ether oxygens (including phenoxy) is 1. The van der Waals surface area contributed by atoms with Crippen molar-refractivity contribution in [2.45, 2.75) is 20.4 Å². The molecule has 1 aromatic carbocycles. The van der Waals surface area contributed by atoms with Gasteiger partial charge in [0.2, 0.25) is 5.88 Å². The summed E-state index contributed by atoms with van der Waals surface area (Å²) in [6.07, 6.45) is 2.03. The smallest absolute Gasteiger partial charge is 0.243 e. The molecule has 21 heavy (non-hydrogen) atoms. The van der Waals surface area contributed by atoms with Gasteiger partial charge in [-0.25, -0.2) is 0 Å². The van der Waals surface area contributed by atoms with Gasteiger partial charge in [-0.05, 0) is 31.2 Å². The summed E-state index contributed by atoms with van der Waals surface area (Å²) in [6, 6.07) is 6.01. The Morgan fingerprint density at radius 1 is 1.43 bits per heavy atom. The van der Waals surface area contributed by atoms with Gasteiger partial charge in [-0.3, -0.25) is 4.40 Å². The molecule has 0 bridgehead atoms. The van der Waals surface area contributed by atoms with Gasteiger partial charge in [-0.15, -0.1) is 11.3 Å². The van der Waals surface area contributed by atoms with Crippen LogP contribution in [0.15, 0.2) is 34.2 Å². The highest BCUT2D eigenvalue weighted by atomic mass is 79.9. The summed E-state index contributed by atoms with van der Waals surface area (Å²) < 4.78 is 9.14. The monoisotopic (exact) mass is 365 g/mol. The number of aromatic nitrogens is 2. The number of rotatable bonds is 5. The van der Waals surface area contributed by atoms with E-state index in [1.54, 1.807) is 11.3 Å². The lowest BCUT2D eigenvalue weighted by Gasteiger charge is -2.09. The number of aryl methyl sites for hydroxylation is 1. The topological polar surface area (TPSA) is 38.6 Å². The number of halogens is 1. The molecule has 2 aromatic heterocycles. The fourth-order valence-corrected chi connectivity index (χ4v) is 3.15. The Hall–Kier alpha value is -1.37. The van der Waals surface area contributed by atoms with Crippen LogP contribution in [0.4, 0.5) is 0 Å². The Morgan fingerprint density at radius 3 is 3.10 bits per heavy atom. The minimum Gasteiger partial charge on any atom is -0.437 e. The molecule has 0 aliphatic carbocycles. The first kappa shape index (κ1) is 14.6. The zero-order valence-electron chi connectivity index (χ0n) is 11.9. The van der Waals surface area contributed by atoms with Gasteiger partial charge in [0, 0.05) is 22.6 Å². The molecule has 2 heterocycles. The van der Waals surface area contributed by atoms with Crippen molar-refractivity contribution in [2.75, 3.05) is 6.54 Å². The lowest BCUT2D eigenvalue weighted by molar-refractivity contribution is 0.452. The summed E-state index contributed by atoms with van der Waals surface area (Å²) in [5.41, 5.74) is 2.14. The number of nitrogens with zero attached hydrogens (tertiary/aromatic N) is 2. The molecular formula is C15H16BrN3OS. The maximum Gasteiger partial charge on any atom is 0.243 e. The van der Waals surface area contributed by atoms with Gasteiger partial charge in [0.1, 0.15) is 11.4 Å². The van der Waals surface area contributed by atoms with Crippen LogP contribution in [0.2, 0.25) is 0 Å². The van der Waals surface area contributed by atoms with Crippen LogP contribution >= 0.6 is 27.3 Å². The number of hydrogen-bond donors (Lipinski definition) is 1. The van der Waals surface area contributed by atoms with E-state index in [-0.39, 0.29) is 0 Å². The van der Waals surface area contributed by atoms with E-state index in [2.05, 4.69) is 37.6 Å². The van der Waals surface area contributed by atoms with E-state index in [4.69, 9.17) is 4.74 Å². The van der Waals surface area contributed by atoms with E-state index < -0.39 is 0 Å². The second kappa shape index (κ2) is 6.17. The van der Waals surface area contributed by atoms with Crippen molar-refractivity contribution in [1.82, 2.24) is 14.7 Å². The van der Waals surface area contributed by atoms with Crippen LogP contribution in [0.3, 0.4) is 0 Å². The number of benzene rings is 1. The fourth-order valence-electron chi connectivity index (χ4n) is 2.09. The summed E-state index contributed by atoms with van der Waals surface area (Å²) in [5, 5.41) is 5.37. The Balaban J connectivity index is 1.99. The van der Waals surface area contributed by atoms with Crippen LogP contribution in [0, 0.1) is 6.92 Å². The zero-order valence-corrected chi connectivity index (χ0v) is 14.3. The van der Waals surface area contributed by atoms with Gasteiger partial charge < -0.3 is 10.1 Å². The second-order valence-electron chi connectivity index (χ2n) is 4.71. The maximum absolute atomic E-state index is 6.07. The van der Waals surface area contributed by atoms with Gasteiger partial charge in [0.15, 0.2) is 4.96 Å². The molecule has 0 aliphatic rings. The summed E-state index contributed by atoms with van der Waals surface area (Å²) in [6.45, 7) is 5.76. The van der Waals surface area contributed by atoms with Crippen LogP contribution < -0.4 is 10.1 Å². The molecular weight excluding hydrogens is 350 g/mol. The molecule has 0 amide bonds. The molecule has 0 aliphatic heterocycles. The number of nitrogens with one attached hydrogen (secondary N) is 1. The van der Waals surface area contributed by atoms with Crippen molar-refractivity contribution in [3.8, 4) is 11.6 Å². The first-order valence-corrected chi connectivity index (χ1v) is 8.45. The first-order valence-electron chi connectivity index (χ1n) is 6.78. The van der Waals surface area contributed by atoms with Crippen molar-refractivity contribution < 1.29 is 4.74 Å². The Labute approximate surface area is 135 Å². The highest BCUT2D eigenvalue weighted by molar-refractivity contribution is 9.10. The van der Waals surface area contributed by atoms with Crippen molar-refractivity contribution in [1.29, 1.82) is 0 Å². The standard InChI is InChI=1S/C15H16BrN3OS/c1-3-17-9-12-14(18-15-19(12)6-7-21-15)20-13-8-11(16)5-4-10(13)2/h4-8,17H,3,9H2,1-2H3. The third-order valence-corrected chi connectivity index (χ3v) is 4.47. The summed E-state index contributed by atoms with van der Waals surface area (Å²) >= 11 is 5.09. The molecule has 110 valence electrons. The lowest BCUT2D eigenvalue weighted by atomic mass is 10.2. The third-order valence-electron chi connectivity index (χ3n) is 3.22. The van der Waals surface area contributed by atoms with Gasteiger partial charge in [0.25, 0.3) is 0 Å². The van der Waals surface area contributed by atoms with Gasteiger partial charge >= 0.3 is 0 Å². The van der Waals surface area contributed by atoms with E-state index in [0.29, 0.717) is 5.88 Å². The molecule has 3 rings (SSSR count). The maximum atomic E-state index is 6.07. The Morgan fingerprint density at radius 2 is 2.29 bits per heavy atom. The van der Waals surface area contributed by atoms with Crippen molar-refractivity contribution >= 4 is 32.2 Å². The highest BCUT2D eigenvalue weighted by Crippen LogP contribution is 2.31. The second-order valence-corrected chi connectivity index (χ2v) is 6.50. The molecule has 0 unspecified atom stereocenters. The third kappa shape index (κ3) is 2.97. The normalized spacial score (nSPS) is 11.2. The van der Waals surface area contributed by atoms with Gasteiger partial charge in [-0.1, -0.05) is 28.9 Å². The molecule has 0 saturated heterocycles. The molecule has 0 fully saturated rings. The molecule has 0 spiro atoms. The molecule has 3 aromatic rings. The largest absolute Gasteiger partial charge is 0.437 e. The number of fused-ring (bicyclic) bond motifs is 1. The van der Waals surface area contributed by atoms with Crippen LogP contribution in [0.5, 0.6) is 11.6 Å². The lowest BCUT2D eigenvalue weighted by Crippen LogP contribution is -2.13. The SMILES string of the molecule is CCNCc1c(Oc2cc(Br)ccc2C)nc2sccn12. The van der Waals surface area contributed by atoms with Gasteiger partial charge in [0.05, 0.1) is 0 Å². The summed E-state index contributed by atoms with van der Waals surface area (Å²) in [4.78, 5) is 5.55. The number of hydrogen-bond acceptors (Lipinski definition) is 4. The Bertz CT molecular complexity index is 765. The van der Waals surface area contributed by atoms with Crippen LogP contribution in [-0.2, 0) is 6.54 Å². The number of imidazole rings is 1. The predicted octanol–water partition coefficient (Wildman–Crippen LogP) is 4.37. The van der Waals surface area contributed by atoms with Crippen molar-refractivity contribution in [3.05, 3.63) is 45.5 Å². The Kier molecular flexibility index (Phi) is 4.28. The average molecular weight is 366 g/mol. The zero-order chi connectivity index (χ0) is 14.8. The van der Waals surface area contributed by atoms with E-state index in [1.165, 1.54) is 0 Å². The molecule has 0 atom stereocenters. The summed E-state index contributed by atoms with van der Waals surface area (Å²) in [7, 11) is 0. The fraction of sp³-hybridized carbons (Fsp3) is 0.267. The number of thiazole rings is 1. The van der Waals surface area contributed by atoms with E-state index in [1.807, 2.05) is 36.7 Å². The molecule has 0 saturated carbocycles. The molecule has 6 heteroatoms. The predicted molar refractivity (Wildman–Crippen MR) is 89.4 cm³/mol. The summed E-state index contributed by atoms with van der Waals surface area (Å²) in [5.74, 6) is 1.50. The van der Waals surface area contributed by atoms with Crippen LogP contribution in [0.25, 0.3) is 4.96 Å². The molecule has 0 radical (unpaired) electrons.